The van der Waals surface area contributed by atoms with Crippen molar-refractivity contribution >= 4 is 11.0 Å². The number of hydrogen-bond donors (Lipinski definition) is 2. The Morgan fingerprint density at radius 1 is 0.971 bits per heavy atom. The molecule has 0 saturated carbocycles. The van der Waals surface area contributed by atoms with E-state index in [4.69, 9.17) is 15.5 Å². The summed E-state index contributed by atoms with van der Waals surface area (Å²) in [6.07, 6.45) is 1.62. The van der Waals surface area contributed by atoms with E-state index in [1.54, 1.807) is 12.1 Å². The van der Waals surface area contributed by atoms with E-state index in [0.717, 1.165) is 54.2 Å². The standard InChI is InChI=1S/C29H36N4O2/c1-3-32(4-2)17-8-18-35-25-15-16-27-28(20-25)33(21-23-9-6-5-7-10-23)29(31-27)26(30)19-22-11-13-24(34)14-12-22/h5-7,9-16,20,26,34H,3-4,8,17-19,21,30H2,1-2H3. The molecule has 1 unspecified atom stereocenters. The van der Waals surface area contributed by atoms with Gasteiger partial charge in [-0.05, 0) is 61.3 Å². The van der Waals surface area contributed by atoms with Crippen molar-refractivity contribution in [2.24, 2.45) is 5.73 Å². The molecule has 4 rings (SSSR count). The van der Waals surface area contributed by atoms with Crippen LogP contribution in [0.1, 0.15) is 43.3 Å². The van der Waals surface area contributed by atoms with Gasteiger partial charge in [-0.15, -0.1) is 0 Å². The summed E-state index contributed by atoms with van der Waals surface area (Å²) in [4.78, 5) is 7.34. The number of nitrogens with two attached hydrogens (primary N) is 1. The lowest BCUT2D eigenvalue weighted by molar-refractivity contribution is 0.249. The van der Waals surface area contributed by atoms with Crippen LogP contribution in [0.5, 0.6) is 11.5 Å². The fourth-order valence-corrected chi connectivity index (χ4v) is 4.42. The topological polar surface area (TPSA) is 76.5 Å². The summed E-state index contributed by atoms with van der Waals surface area (Å²) in [5.41, 5.74) is 10.9. The molecule has 0 radical (unpaired) electrons. The Morgan fingerprint density at radius 2 is 1.71 bits per heavy atom. The third kappa shape index (κ3) is 6.41. The number of phenols is 1. The van der Waals surface area contributed by atoms with Crippen LogP contribution in [0.4, 0.5) is 0 Å². The number of rotatable bonds is 12. The lowest BCUT2D eigenvalue weighted by Gasteiger charge is -2.17. The predicted molar refractivity (Wildman–Crippen MR) is 142 cm³/mol. The number of phenolic OH excluding ortho intramolecular Hbond substituents is 1. The van der Waals surface area contributed by atoms with E-state index in [1.807, 2.05) is 30.3 Å². The molecule has 1 aromatic heterocycles. The molecule has 3 N–H and O–H groups in total. The molecular weight excluding hydrogens is 436 g/mol. The number of benzene rings is 3. The van der Waals surface area contributed by atoms with Crippen LogP contribution in [0.15, 0.2) is 72.8 Å². The van der Waals surface area contributed by atoms with Gasteiger partial charge >= 0.3 is 0 Å². The van der Waals surface area contributed by atoms with Crippen LogP contribution in [-0.4, -0.2) is 45.8 Å². The van der Waals surface area contributed by atoms with E-state index in [0.29, 0.717) is 19.6 Å². The predicted octanol–water partition coefficient (Wildman–Crippen LogP) is 5.14. The summed E-state index contributed by atoms with van der Waals surface area (Å²) in [6, 6.07) is 23.4. The lowest BCUT2D eigenvalue weighted by Crippen LogP contribution is -2.25. The second kappa shape index (κ2) is 11.9. The van der Waals surface area contributed by atoms with Gasteiger partial charge in [0, 0.05) is 19.2 Å². The molecule has 3 aromatic carbocycles. The van der Waals surface area contributed by atoms with Crippen molar-refractivity contribution in [2.75, 3.05) is 26.2 Å². The maximum atomic E-state index is 9.61. The minimum Gasteiger partial charge on any atom is -0.508 e. The average molecular weight is 473 g/mol. The first-order valence-corrected chi connectivity index (χ1v) is 12.5. The highest BCUT2D eigenvalue weighted by Crippen LogP contribution is 2.27. The number of fused-ring (bicyclic) bond motifs is 1. The monoisotopic (exact) mass is 472 g/mol. The summed E-state index contributed by atoms with van der Waals surface area (Å²) in [5, 5.41) is 9.61. The molecular formula is C29H36N4O2. The number of aromatic hydroxyl groups is 1. The molecule has 4 aromatic rings. The van der Waals surface area contributed by atoms with Crippen LogP contribution in [0.3, 0.4) is 0 Å². The average Bonchev–Trinajstić information content (AvgIpc) is 3.24. The summed E-state index contributed by atoms with van der Waals surface area (Å²) >= 11 is 0. The highest BCUT2D eigenvalue weighted by molar-refractivity contribution is 5.78. The molecule has 0 aliphatic rings. The summed E-state index contributed by atoms with van der Waals surface area (Å²) in [5.74, 6) is 1.95. The van der Waals surface area contributed by atoms with E-state index < -0.39 is 0 Å². The molecule has 0 aliphatic carbocycles. The van der Waals surface area contributed by atoms with Gasteiger partial charge in [0.2, 0.25) is 0 Å². The van der Waals surface area contributed by atoms with Crippen molar-refractivity contribution in [3.8, 4) is 11.5 Å². The smallest absolute Gasteiger partial charge is 0.127 e. The number of imidazole rings is 1. The zero-order valence-electron chi connectivity index (χ0n) is 20.7. The molecule has 0 amide bonds. The van der Waals surface area contributed by atoms with Crippen LogP contribution in [0.2, 0.25) is 0 Å². The van der Waals surface area contributed by atoms with Crippen LogP contribution >= 0.6 is 0 Å². The summed E-state index contributed by atoms with van der Waals surface area (Å²) in [7, 11) is 0. The second-order valence-electron chi connectivity index (χ2n) is 8.90. The van der Waals surface area contributed by atoms with Crippen LogP contribution in [0, 0.1) is 0 Å². The largest absolute Gasteiger partial charge is 0.508 e. The summed E-state index contributed by atoms with van der Waals surface area (Å²) < 4.78 is 8.32. The molecule has 0 bridgehead atoms. The maximum Gasteiger partial charge on any atom is 0.127 e. The first-order chi connectivity index (χ1) is 17.1. The Labute approximate surface area is 208 Å². The van der Waals surface area contributed by atoms with Crippen LogP contribution < -0.4 is 10.5 Å². The van der Waals surface area contributed by atoms with Crippen molar-refractivity contribution in [2.45, 2.75) is 39.3 Å². The maximum absolute atomic E-state index is 9.61. The Bertz CT molecular complexity index is 1200. The van der Waals surface area contributed by atoms with E-state index in [2.05, 4.69) is 53.6 Å². The van der Waals surface area contributed by atoms with Gasteiger partial charge in [-0.25, -0.2) is 4.98 Å². The molecule has 0 fully saturated rings. The Hall–Kier alpha value is -3.35. The Kier molecular flexibility index (Phi) is 8.40. The van der Waals surface area contributed by atoms with Gasteiger partial charge in [-0.3, -0.25) is 0 Å². The number of nitrogens with zero attached hydrogens (tertiary/aromatic N) is 3. The van der Waals surface area contributed by atoms with Gasteiger partial charge in [0.25, 0.3) is 0 Å². The zero-order valence-corrected chi connectivity index (χ0v) is 20.7. The normalized spacial score (nSPS) is 12.3. The van der Waals surface area contributed by atoms with Crippen molar-refractivity contribution < 1.29 is 9.84 Å². The number of hydrogen-bond acceptors (Lipinski definition) is 5. The van der Waals surface area contributed by atoms with Gasteiger partial charge in [-0.1, -0.05) is 56.3 Å². The van der Waals surface area contributed by atoms with Gasteiger partial charge in [0.05, 0.1) is 23.7 Å². The minimum atomic E-state index is -0.283. The quantitative estimate of drug-likeness (QED) is 0.279. The minimum absolute atomic E-state index is 0.253. The zero-order chi connectivity index (χ0) is 24.6. The van der Waals surface area contributed by atoms with Crippen molar-refractivity contribution in [3.05, 3.63) is 89.7 Å². The molecule has 6 nitrogen and oxygen atoms in total. The van der Waals surface area contributed by atoms with Gasteiger partial charge in [0.15, 0.2) is 0 Å². The van der Waals surface area contributed by atoms with Gasteiger partial charge < -0.3 is 25.0 Å². The first-order valence-electron chi connectivity index (χ1n) is 12.5. The van der Waals surface area contributed by atoms with Gasteiger partial charge in [0.1, 0.15) is 17.3 Å². The third-order valence-electron chi connectivity index (χ3n) is 6.44. The lowest BCUT2D eigenvalue weighted by atomic mass is 10.1. The molecule has 0 spiro atoms. The fraction of sp³-hybridized carbons (Fsp3) is 0.345. The van der Waals surface area contributed by atoms with Crippen molar-refractivity contribution in [1.82, 2.24) is 14.5 Å². The van der Waals surface area contributed by atoms with Crippen LogP contribution in [0.25, 0.3) is 11.0 Å². The molecule has 35 heavy (non-hydrogen) atoms. The molecule has 184 valence electrons. The van der Waals surface area contributed by atoms with Gasteiger partial charge in [-0.2, -0.15) is 0 Å². The van der Waals surface area contributed by atoms with E-state index >= 15 is 0 Å². The number of ether oxygens (including phenoxy) is 1. The molecule has 0 aliphatic heterocycles. The Balaban J connectivity index is 1.58. The third-order valence-corrected chi connectivity index (χ3v) is 6.44. The first kappa shape index (κ1) is 24.8. The highest BCUT2D eigenvalue weighted by Gasteiger charge is 2.19. The van der Waals surface area contributed by atoms with Crippen molar-refractivity contribution in [1.29, 1.82) is 0 Å². The molecule has 1 heterocycles. The van der Waals surface area contributed by atoms with Crippen molar-refractivity contribution in [3.63, 3.8) is 0 Å². The summed E-state index contributed by atoms with van der Waals surface area (Å²) in [6.45, 7) is 8.91. The van der Waals surface area contributed by atoms with E-state index in [-0.39, 0.29) is 11.8 Å². The fourth-order valence-electron chi connectivity index (χ4n) is 4.42. The molecule has 0 saturated heterocycles. The SMILES string of the molecule is CCN(CC)CCCOc1ccc2nc(C(N)Cc3ccc(O)cc3)n(Cc3ccccc3)c2c1. The highest BCUT2D eigenvalue weighted by atomic mass is 16.5. The van der Waals surface area contributed by atoms with E-state index in [9.17, 15) is 5.11 Å². The van der Waals surface area contributed by atoms with E-state index in [1.165, 1.54) is 5.56 Å². The van der Waals surface area contributed by atoms with Crippen LogP contribution in [-0.2, 0) is 13.0 Å². The molecule has 1 atom stereocenters. The Morgan fingerprint density at radius 3 is 2.43 bits per heavy atom. The number of aromatic nitrogens is 2. The molecule has 6 heteroatoms. The second-order valence-corrected chi connectivity index (χ2v) is 8.90.